The van der Waals surface area contributed by atoms with Crippen molar-refractivity contribution in [3.8, 4) is 0 Å². The van der Waals surface area contributed by atoms with Crippen LogP contribution in [0.2, 0.25) is 0 Å². The zero-order valence-corrected chi connectivity index (χ0v) is 22.5. The molecule has 7 nitrogen and oxygen atoms in total. The number of halogens is 1. The molecule has 0 radical (unpaired) electrons. The van der Waals surface area contributed by atoms with Crippen LogP contribution in [0.5, 0.6) is 0 Å². The Morgan fingerprint density at radius 3 is 2.61 bits per heavy atom. The maximum atomic E-state index is 13.9. The molecule has 3 aromatic rings. The predicted molar refractivity (Wildman–Crippen MR) is 154 cm³/mol. The third kappa shape index (κ3) is 6.63. The molecule has 0 unspecified atom stereocenters. The van der Waals surface area contributed by atoms with Crippen LogP contribution in [0.3, 0.4) is 0 Å². The predicted octanol–water partition coefficient (Wildman–Crippen LogP) is 4.38. The minimum atomic E-state index is -0.806. The van der Waals surface area contributed by atoms with E-state index in [0.29, 0.717) is 31.7 Å². The number of amides is 2. The van der Waals surface area contributed by atoms with E-state index in [1.165, 1.54) is 0 Å². The first-order chi connectivity index (χ1) is 18.4. The molecule has 2 heterocycles. The van der Waals surface area contributed by atoms with E-state index in [1.54, 1.807) is 11.1 Å². The highest BCUT2D eigenvalue weighted by atomic mass is 35.5. The van der Waals surface area contributed by atoms with Crippen LogP contribution >= 0.6 is 12.4 Å². The van der Waals surface area contributed by atoms with E-state index < -0.39 is 18.1 Å². The molecule has 1 saturated heterocycles. The number of nitrogens with two attached hydrogens (primary N) is 1. The Labute approximate surface area is 232 Å². The van der Waals surface area contributed by atoms with Gasteiger partial charge < -0.3 is 21.3 Å². The number of nitrogens with zero attached hydrogens (tertiary/aromatic N) is 2. The van der Waals surface area contributed by atoms with Gasteiger partial charge >= 0.3 is 0 Å². The number of fused-ring (bicyclic) bond motifs is 1. The number of likely N-dealkylation sites (tertiary alicyclic amines) is 1. The Morgan fingerprint density at radius 2 is 1.82 bits per heavy atom. The third-order valence-electron chi connectivity index (χ3n) is 7.58. The van der Waals surface area contributed by atoms with Gasteiger partial charge in [-0.15, -0.1) is 12.4 Å². The first-order valence-electron chi connectivity index (χ1n) is 13.9. The summed E-state index contributed by atoms with van der Waals surface area (Å²) < 4.78 is 8.97. The normalized spacial score (nSPS) is 19.8. The van der Waals surface area contributed by atoms with Gasteiger partial charge in [0.05, 0.1) is 6.04 Å². The lowest BCUT2D eigenvalue weighted by Gasteiger charge is -2.32. The topological polar surface area (TPSA) is 100 Å². The van der Waals surface area contributed by atoms with Crippen molar-refractivity contribution in [2.45, 2.75) is 76.0 Å². The summed E-state index contributed by atoms with van der Waals surface area (Å²) >= 11 is 0. The zero-order valence-electron chi connectivity index (χ0n) is 22.7. The van der Waals surface area contributed by atoms with Crippen LogP contribution < -0.4 is 16.4 Å². The van der Waals surface area contributed by atoms with Gasteiger partial charge in [0.1, 0.15) is 11.9 Å². The first kappa shape index (κ1) is 26.4. The standard InChI is InChI=1S/C30H37N5O2.ClH/c31-28-25-14-13-22(18-23(25)15-16-32-28)20-33-29(36)27-12-7-17-35(27)30(37)26(19-21-8-3-1-4-9-21)34-24-10-5-2-6-11-24;/h1,3-4,8-9,13-16,18,24,26-27,34H,2,5-7,10-12,17,19-20H2,(H2,31,32)(H,33,36);1H/t26-,27-;/m0./s1/i24D;. The van der Waals surface area contributed by atoms with Crippen LogP contribution in [0.25, 0.3) is 10.8 Å². The number of nitrogen functional groups attached to an aromatic ring is 1. The molecule has 4 N–H and O–H groups in total. The number of aromatic nitrogens is 1. The molecule has 2 atom stereocenters. The molecule has 2 aromatic carbocycles. The van der Waals surface area contributed by atoms with Crippen molar-refractivity contribution in [2.24, 2.45) is 0 Å². The summed E-state index contributed by atoms with van der Waals surface area (Å²) in [7, 11) is 0. The lowest BCUT2D eigenvalue weighted by molar-refractivity contribution is -0.140. The molecule has 0 spiro atoms. The highest BCUT2D eigenvalue weighted by Crippen LogP contribution is 2.23. The zero-order chi connectivity index (χ0) is 26.5. The molecule has 5 rings (SSSR count). The summed E-state index contributed by atoms with van der Waals surface area (Å²) in [5, 5.41) is 8.33. The second kappa shape index (κ2) is 13.1. The maximum absolute atomic E-state index is 13.9. The fourth-order valence-corrected chi connectivity index (χ4v) is 5.59. The van der Waals surface area contributed by atoms with E-state index in [0.717, 1.165) is 60.4 Å². The lowest BCUT2D eigenvalue weighted by Crippen LogP contribution is -2.55. The summed E-state index contributed by atoms with van der Waals surface area (Å²) in [6.45, 7) is 0.925. The SMILES string of the molecule is Cl.[2H]C1(N[C@@H](Cc2ccccc2)C(=O)N2CCC[C@H]2C(=O)NCc2ccc3c(N)nccc3c2)CCCCC1. The summed E-state index contributed by atoms with van der Waals surface area (Å²) in [5.74, 6) is 0.263. The number of benzene rings is 2. The van der Waals surface area contributed by atoms with E-state index in [-0.39, 0.29) is 24.2 Å². The average molecular weight is 537 g/mol. The Kier molecular flexibility index (Phi) is 9.10. The number of anilines is 1. The largest absolute Gasteiger partial charge is 0.383 e. The van der Waals surface area contributed by atoms with Gasteiger partial charge in [0, 0.05) is 32.1 Å². The van der Waals surface area contributed by atoms with Gasteiger partial charge in [-0.25, -0.2) is 4.98 Å². The molecular weight excluding hydrogens is 498 g/mol. The van der Waals surface area contributed by atoms with Crippen molar-refractivity contribution in [3.63, 3.8) is 0 Å². The fourth-order valence-electron chi connectivity index (χ4n) is 5.59. The number of hydrogen-bond acceptors (Lipinski definition) is 5. The smallest absolute Gasteiger partial charge is 0.243 e. The van der Waals surface area contributed by atoms with Gasteiger partial charge in [-0.1, -0.05) is 61.7 Å². The molecule has 202 valence electrons. The van der Waals surface area contributed by atoms with Crippen molar-refractivity contribution in [2.75, 3.05) is 12.3 Å². The number of rotatable bonds is 8. The lowest BCUT2D eigenvalue weighted by atomic mass is 9.93. The van der Waals surface area contributed by atoms with E-state index in [2.05, 4.69) is 15.6 Å². The van der Waals surface area contributed by atoms with Crippen molar-refractivity contribution < 1.29 is 11.0 Å². The number of carbonyl (C=O) groups is 2. The van der Waals surface area contributed by atoms with Crippen molar-refractivity contribution >= 4 is 40.8 Å². The first-order valence-corrected chi connectivity index (χ1v) is 13.4. The summed E-state index contributed by atoms with van der Waals surface area (Å²) in [5.41, 5.74) is 7.97. The van der Waals surface area contributed by atoms with Crippen LogP contribution in [0, 0.1) is 0 Å². The average Bonchev–Trinajstić information content (AvgIpc) is 3.42. The van der Waals surface area contributed by atoms with Crippen LogP contribution in [0.1, 0.15) is 57.4 Å². The van der Waals surface area contributed by atoms with E-state index in [9.17, 15) is 9.59 Å². The molecular formula is C30H38ClN5O2. The van der Waals surface area contributed by atoms with Gasteiger partial charge in [0.25, 0.3) is 0 Å². The molecule has 38 heavy (non-hydrogen) atoms. The monoisotopic (exact) mass is 536 g/mol. The Balaban J connectivity index is 0.00000353. The fraction of sp³-hybridized carbons (Fsp3) is 0.433. The number of nitrogens with one attached hydrogen (secondary N) is 2. The second-order valence-corrected chi connectivity index (χ2v) is 10.2. The number of pyridine rings is 1. The van der Waals surface area contributed by atoms with Crippen molar-refractivity contribution in [3.05, 3.63) is 71.9 Å². The Morgan fingerprint density at radius 1 is 1.03 bits per heavy atom. The molecule has 1 saturated carbocycles. The highest BCUT2D eigenvalue weighted by Gasteiger charge is 2.37. The Hall–Kier alpha value is -3.16. The summed E-state index contributed by atoms with van der Waals surface area (Å²) in [6.07, 6.45) is 8.21. The minimum Gasteiger partial charge on any atom is -0.383 e. The number of carbonyl (C=O) groups excluding carboxylic acids is 2. The molecule has 1 aromatic heterocycles. The maximum Gasteiger partial charge on any atom is 0.243 e. The van der Waals surface area contributed by atoms with Crippen molar-refractivity contribution in [1.82, 2.24) is 20.5 Å². The van der Waals surface area contributed by atoms with Crippen LogP contribution in [-0.2, 0) is 22.6 Å². The van der Waals surface area contributed by atoms with E-state index >= 15 is 0 Å². The van der Waals surface area contributed by atoms with Crippen LogP contribution in [0.15, 0.2) is 60.8 Å². The van der Waals surface area contributed by atoms with Gasteiger partial charge in [-0.3, -0.25) is 9.59 Å². The molecule has 1 aliphatic carbocycles. The quantitative estimate of drug-likeness (QED) is 0.397. The molecule has 2 amide bonds. The number of hydrogen-bond donors (Lipinski definition) is 3. The van der Waals surface area contributed by atoms with E-state index in [4.69, 9.17) is 7.10 Å². The van der Waals surface area contributed by atoms with Gasteiger partial charge in [0.2, 0.25) is 11.8 Å². The van der Waals surface area contributed by atoms with Gasteiger partial charge in [0.15, 0.2) is 0 Å². The van der Waals surface area contributed by atoms with Crippen molar-refractivity contribution in [1.29, 1.82) is 0 Å². The third-order valence-corrected chi connectivity index (χ3v) is 7.58. The molecule has 8 heteroatoms. The van der Waals surface area contributed by atoms with Crippen LogP contribution in [0.4, 0.5) is 5.82 Å². The molecule has 2 fully saturated rings. The van der Waals surface area contributed by atoms with Crippen LogP contribution in [-0.4, -0.2) is 46.3 Å². The second-order valence-electron chi connectivity index (χ2n) is 10.2. The van der Waals surface area contributed by atoms with Gasteiger partial charge in [-0.2, -0.15) is 0 Å². The molecule has 0 bridgehead atoms. The Bertz CT molecular complexity index is 1280. The summed E-state index contributed by atoms with van der Waals surface area (Å²) in [6, 6.07) is 15.8. The molecule has 2 aliphatic rings. The molecule has 1 aliphatic heterocycles. The summed E-state index contributed by atoms with van der Waals surface area (Å²) in [4.78, 5) is 33.1. The van der Waals surface area contributed by atoms with E-state index in [1.807, 2.05) is 54.6 Å². The van der Waals surface area contributed by atoms with Gasteiger partial charge in [-0.05, 0) is 60.7 Å². The minimum absolute atomic E-state index is 0. The highest BCUT2D eigenvalue weighted by molar-refractivity contribution is 5.92.